The Morgan fingerprint density at radius 2 is 2.31 bits per heavy atom. The Labute approximate surface area is 101 Å². The minimum atomic E-state index is -1.13. The van der Waals surface area contributed by atoms with Gasteiger partial charge < -0.3 is 9.47 Å². The van der Waals surface area contributed by atoms with Crippen molar-refractivity contribution < 1.29 is 19.1 Å². The fourth-order valence-electron chi connectivity index (χ4n) is 1.59. The molecule has 1 aromatic carbocycles. The number of benzene rings is 1. The molecule has 0 aliphatic carbocycles. The van der Waals surface area contributed by atoms with Gasteiger partial charge in [-0.05, 0) is 23.8 Å². The monoisotopic (exact) mass is 284 g/mol. The molecular formula is C11H9BrO4. The molecule has 2 rings (SSSR count). The fourth-order valence-corrected chi connectivity index (χ4v) is 2.00. The van der Waals surface area contributed by atoms with Crippen molar-refractivity contribution in [1.82, 2.24) is 0 Å². The minimum Gasteiger partial charge on any atom is -0.467 e. The van der Waals surface area contributed by atoms with Crippen LogP contribution >= 0.6 is 15.9 Å². The zero-order valence-electron chi connectivity index (χ0n) is 8.53. The lowest BCUT2D eigenvalue weighted by atomic mass is 9.98. The van der Waals surface area contributed by atoms with Crippen LogP contribution in [0, 0.1) is 0 Å². The molecule has 0 aromatic heterocycles. The Balaban J connectivity index is 2.36. The molecule has 0 saturated heterocycles. The van der Waals surface area contributed by atoms with Crippen molar-refractivity contribution in [3.8, 4) is 0 Å². The number of ether oxygens (including phenoxy) is 2. The lowest BCUT2D eigenvalue weighted by Gasteiger charge is -2.22. The summed E-state index contributed by atoms with van der Waals surface area (Å²) < 4.78 is 10.6. The van der Waals surface area contributed by atoms with E-state index in [2.05, 4.69) is 20.7 Å². The molecule has 1 aliphatic heterocycles. The first kappa shape index (κ1) is 11.3. The topological polar surface area (TPSA) is 52.6 Å². The van der Waals surface area contributed by atoms with Gasteiger partial charge in [-0.1, -0.05) is 15.9 Å². The van der Waals surface area contributed by atoms with Gasteiger partial charge in [0, 0.05) is 10.0 Å². The molecule has 1 atom stereocenters. The molecule has 4 nitrogen and oxygen atoms in total. The lowest BCUT2D eigenvalue weighted by Crippen LogP contribution is -2.37. The number of rotatable bonds is 1. The molecule has 1 aliphatic rings. The molecule has 0 amide bonds. The van der Waals surface area contributed by atoms with Gasteiger partial charge in [0.05, 0.1) is 13.7 Å². The average Bonchev–Trinajstić information content (AvgIpc) is 2.28. The summed E-state index contributed by atoms with van der Waals surface area (Å²) in [6.07, 6.45) is -1.13. The normalized spacial score (nSPS) is 19.1. The smallest absolute Gasteiger partial charge is 0.343 e. The molecule has 16 heavy (non-hydrogen) atoms. The van der Waals surface area contributed by atoms with Gasteiger partial charge in [-0.3, -0.25) is 4.79 Å². The molecule has 1 unspecified atom stereocenters. The predicted octanol–water partition coefficient (Wildman–Crippen LogP) is 1.70. The molecule has 5 heteroatoms. The number of hydrogen-bond acceptors (Lipinski definition) is 4. The van der Waals surface area contributed by atoms with E-state index in [4.69, 9.17) is 4.74 Å². The number of Topliss-reactive ketones (excluding diaryl/α,β-unsaturated/α-hetero) is 1. The summed E-state index contributed by atoms with van der Waals surface area (Å²) in [6, 6.07) is 5.25. The first-order valence-electron chi connectivity index (χ1n) is 4.65. The third kappa shape index (κ3) is 1.88. The summed E-state index contributed by atoms with van der Waals surface area (Å²) in [4.78, 5) is 23.2. The van der Waals surface area contributed by atoms with Crippen LogP contribution in [0.15, 0.2) is 22.7 Å². The Morgan fingerprint density at radius 3 is 3.00 bits per heavy atom. The van der Waals surface area contributed by atoms with Crippen LogP contribution in [0.3, 0.4) is 0 Å². The quantitative estimate of drug-likeness (QED) is 0.582. The number of fused-ring (bicyclic) bond motifs is 1. The van der Waals surface area contributed by atoms with Crippen LogP contribution in [0.25, 0.3) is 0 Å². The number of hydrogen-bond donors (Lipinski definition) is 0. The highest BCUT2D eigenvalue weighted by molar-refractivity contribution is 9.10. The molecule has 0 fully saturated rings. The Bertz CT molecular complexity index is 455. The largest absolute Gasteiger partial charge is 0.467 e. The summed E-state index contributed by atoms with van der Waals surface area (Å²) in [5, 5.41) is 0. The van der Waals surface area contributed by atoms with Crippen molar-refractivity contribution in [2.75, 3.05) is 7.11 Å². The molecule has 1 heterocycles. The van der Waals surface area contributed by atoms with E-state index >= 15 is 0 Å². The van der Waals surface area contributed by atoms with Crippen LogP contribution < -0.4 is 0 Å². The maximum absolute atomic E-state index is 11.9. The Hall–Kier alpha value is -1.20. The highest BCUT2D eigenvalue weighted by atomic mass is 79.9. The van der Waals surface area contributed by atoms with Crippen molar-refractivity contribution in [2.24, 2.45) is 0 Å². The van der Waals surface area contributed by atoms with Crippen LogP contribution in [-0.2, 0) is 20.9 Å². The predicted molar refractivity (Wildman–Crippen MR) is 59.1 cm³/mol. The molecule has 84 valence electrons. The SMILES string of the molecule is COC(=O)C1OCc2cc(Br)ccc2C1=O. The van der Waals surface area contributed by atoms with Crippen molar-refractivity contribution in [3.05, 3.63) is 33.8 Å². The van der Waals surface area contributed by atoms with E-state index in [1.807, 2.05) is 0 Å². The van der Waals surface area contributed by atoms with Crippen molar-refractivity contribution in [3.63, 3.8) is 0 Å². The summed E-state index contributed by atoms with van der Waals surface area (Å²) in [5.74, 6) is -1.00. The first-order chi connectivity index (χ1) is 7.63. The van der Waals surface area contributed by atoms with Gasteiger partial charge in [0.2, 0.25) is 11.9 Å². The van der Waals surface area contributed by atoms with Crippen molar-refractivity contribution in [2.45, 2.75) is 12.7 Å². The van der Waals surface area contributed by atoms with E-state index in [1.54, 1.807) is 18.2 Å². The van der Waals surface area contributed by atoms with Crippen LogP contribution in [0.1, 0.15) is 15.9 Å². The zero-order chi connectivity index (χ0) is 11.7. The van der Waals surface area contributed by atoms with Gasteiger partial charge in [0.15, 0.2) is 0 Å². The number of ketones is 1. The molecule has 1 aromatic rings. The summed E-state index contributed by atoms with van der Waals surface area (Å²) in [6.45, 7) is 0.236. The maximum Gasteiger partial charge on any atom is 0.343 e. The standard InChI is InChI=1S/C11H9BrO4/c1-15-11(14)10-9(13)8-3-2-7(12)4-6(8)5-16-10/h2-4,10H,5H2,1H3. The van der Waals surface area contributed by atoms with Crippen LogP contribution in [-0.4, -0.2) is 25.0 Å². The van der Waals surface area contributed by atoms with E-state index in [-0.39, 0.29) is 12.4 Å². The van der Waals surface area contributed by atoms with Gasteiger partial charge in [-0.2, -0.15) is 0 Å². The van der Waals surface area contributed by atoms with Crippen LogP contribution in [0.4, 0.5) is 0 Å². The minimum absolute atomic E-state index is 0.236. The number of esters is 1. The molecule has 0 saturated carbocycles. The molecule has 0 radical (unpaired) electrons. The Kier molecular flexibility index (Phi) is 3.07. The molecule has 0 N–H and O–H groups in total. The molecule has 0 bridgehead atoms. The third-order valence-corrected chi connectivity index (χ3v) is 2.88. The van der Waals surface area contributed by atoms with Gasteiger partial charge in [-0.15, -0.1) is 0 Å². The van der Waals surface area contributed by atoms with E-state index in [0.29, 0.717) is 5.56 Å². The fraction of sp³-hybridized carbons (Fsp3) is 0.273. The highest BCUT2D eigenvalue weighted by Gasteiger charge is 2.34. The molecule has 0 spiro atoms. The summed E-state index contributed by atoms with van der Waals surface area (Å²) in [7, 11) is 1.23. The number of halogens is 1. The molecular weight excluding hydrogens is 276 g/mol. The second-order valence-corrected chi connectivity index (χ2v) is 4.30. The summed E-state index contributed by atoms with van der Waals surface area (Å²) in [5.41, 5.74) is 1.30. The van der Waals surface area contributed by atoms with E-state index in [9.17, 15) is 9.59 Å². The second kappa shape index (κ2) is 4.35. The Morgan fingerprint density at radius 1 is 1.56 bits per heavy atom. The van der Waals surface area contributed by atoms with Crippen molar-refractivity contribution in [1.29, 1.82) is 0 Å². The maximum atomic E-state index is 11.9. The van der Waals surface area contributed by atoms with Gasteiger partial charge in [0.1, 0.15) is 0 Å². The number of carbonyl (C=O) groups is 2. The van der Waals surface area contributed by atoms with E-state index in [0.717, 1.165) is 10.0 Å². The third-order valence-electron chi connectivity index (χ3n) is 2.39. The van der Waals surface area contributed by atoms with Gasteiger partial charge >= 0.3 is 5.97 Å². The summed E-state index contributed by atoms with van der Waals surface area (Å²) >= 11 is 3.31. The average molecular weight is 285 g/mol. The van der Waals surface area contributed by atoms with Crippen molar-refractivity contribution >= 4 is 27.7 Å². The zero-order valence-corrected chi connectivity index (χ0v) is 10.1. The number of methoxy groups -OCH3 is 1. The second-order valence-electron chi connectivity index (χ2n) is 3.38. The van der Waals surface area contributed by atoms with Gasteiger partial charge in [0.25, 0.3) is 0 Å². The first-order valence-corrected chi connectivity index (χ1v) is 5.45. The lowest BCUT2D eigenvalue weighted by molar-refractivity contribution is -0.151. The van der Waals surface area contributed by atoms with E-state index in [1.165, 1.54) is 7.11 Å². The van der Waals surface area contributed by atoms with Crippen LogP contribution in [0.2, 0.25) is 0 Å². The van der Waals surface area contributed by atoms with E-state index < -0.39 is 12.1 Å². The number of carbonyl (C=O) groups excluding carboxylic acids is 2. The highest BCUT2D eigenvalue weighted by Crippen LogP contribution is 2.24. The van der Waals surface area contributed by atoms with Crippen LogP contribution in [0.5, 0.6) is 0 Å². The van der Waals surface area contributed by atoms with Gasteiger partial charge in [-0.25, -0.2) is 4.79 Å².